The molecule has 0 unspecified atom stereocenters. The van der Waals surface area contributed by atoms with Crippen molar-refractivity contribution < 1.29 is 19.0 Å². The largest absolute Gasteiger partial charge is 0.465 e. The lowest BCUT2D eigenvalue weighted by Gasteiger charge is -2.34. The van der Waals surface area contributed by atoms with Gasteiger partial charge in [-0.1, -0.05) is 60.7 Å². The number of esters is 1. The van der Waals surface area contributed by atoms with E-state index in [9.17, 15) is 4.79 Å². The van der Waals surface area contributed by atoms with E-state index >= 15 is 0 Å². The van der Waals surface area contributed by atoms with Gasteiger partial charge in [0.05, 0.1) is 32.0 Å². The van der Waals surface area contributed by atoms with Crippen LogP contribution < -0.4 is 0 Å². The summed E-state index contributed by atoms with van der Waals surface area (Å²) < 4.78 is 16.9. The van der Waals surface area contributed by atoms with Crippen molar-refractivity contribution in [3.05, 3.63) is 71.8 Å². The highest BCUT2D eigenvalue weighted by Gasteiger charge is 2.46. The number of hydrogen-bond donors (Lipinski definition) is 0. The van der Waals surface area contributed by atoms with Crippen LogP contribution in [0.4, 0.5) is 0 Å². The number of carbonyl (C=O) groups is 1. The Morgan fingerprint density at radius 3 is 2.06 bits per heavy atom. The molecule has 1 saturated heterocycles. The fourth-order valence-corrected chi connectivity index (χ4v) is 4.37. The van der Waals surface area contributed by atoms with E-state index in [1.807, 2.05) is 32.9 Å². The number of methoxy groups -OCH3 is 1. The summed E-state index contributed by atoms with van der Waals surface area (Å²) in [6.45, 7) is 10.2. The van der Waals surface area contributed by atoms with Crippen LogP contribution in [0.1, 0.15) is 31.9 Å². The van der Waals surface area contributed by atoms with Gasteiger partial charge in [0.25, 0.3) is 0 Å². The summed E-state index contributed by atoms with van der Waals surface area (Å²) in [6, 6.07) is 21.2. The monoisotopic (exact) mass is 454 g/mol. The molecule has 0 radical (unpaired) electrons. The molecule has 0 spiro atoms. The molecule has 6 nitrogen and oxygen atoms in total. The highest BCUT2D eigenvalue weighted by Crippen LogP contribution is 2.29. The van der Waals surface area contributed by atoms with Gasteiger partial charge in [0, 0.05) is 33.3 Å². The second-order valence-corrected chi connectivity index (χ2v) is 9.03. The molecule has 2 atom stereocenters. The average Bonchev–Trinajstić information content (AvgIpc) is 3.25. The Hall–Kier alpha value is -2.25. The van der Waals surface area contributed by atoms with E-state index in [2.05, 4.69) is 58.3 Å². The van der Waals surface area contributed by atoms with Gasteiger partial charge in [0.15, 0.2) is 0 Å². The maximum Gasteiger partial charge on any atom is 0.325 e. The molecule has 1 aliphatic rings. The van der Waals surface area contributed by atoms with Crippen LogP contribution in [0.25, 0.3) is 0 Å². The molecule has 33 heavy (non-hydrogen) atoms. The third-order valence-corrected chi connectivity index (χ3v) is 6.35. The highest BCUT2D eigenvalue weighted by molar-refractivity contribution is 5.79. The zero-order valence-corrected chi connectivity index (χ0v) is 20.4. The summed E-state index contributed by atoms with van der Waals surface area (Å²) in [6.07, 6.45) is -0.0405. The second-order valence-electron chi connectivity index (χ2n) is 9.03. The molecular formula is C27H38N2O4. The molecule has 1 fully saturated rings. The third-order valence-electron chi connectivity index (χ3n) is 6.35. The summed E-state index contributed by atoms with van der Waals surface area (Å²) in [5, 5.41) is 0. The summed E-state index contributed by atoms with van der Waals surface area (Å²) >= 11 is 0. The zero-order valence-electron chi connectivity index (χ0n) is 20.4. The smallest absolute Gasteiger partial charge is 0.325 e. The van der Waals surface area contributed by atoms with E-state index in [1.165, 1.54) is 11.1 Å². The van der Waals surface area contributed by atoms with Crippen molar-refractivity contribution in [1.29, 1.82) is 0 Å². The van der Waals surface area contributed by atoms with E-state index in [0.29, 0.717) is 26.4 Å². The van der Waals surface area contributed by atoms with Crippen LogP contribution in [-0.2, 0) is 32.1 Å². The lowest BCUT2D eigenvalue weighted by molar-refractivity contribution is -0.155. The lowest BCUT2D eigenvalue weighted by Crippen LogP contribution is -2.51. The van der Waals surface area contributed by atoms with Gasteiger partial charge in [0.1, 0.15) is 5.54 Å². The van der Waals surface area contributed by atoms with Crippen LogP contribution in [0, 0.1) is 0 Å². The molecule has 180 valence electrons. The summed E-state index contributed by atoms with van der Waals surface area (Å²) in [5.41, 5.74) is 1.79. The van der Waals surface area contributed by atoms with Gasteiger partial charge in [-0.2, -0.15) is 0 Å². The molecule has 0 saturated carbocycles. The molecule has 0 bridgehead atoms. The average molecular weight is 455 g/mol. The van der Waals surface area contributed by atoms with Crippen LogP contribution in [-0.4, -0.2) is 73.5 Å². The number of carbonyl (C=O) groups excluding carboxylic acids is 1. The molecule has 3 rings (SSSR count). The van der Waals surface area contributed by atoms with Gasteiger partial charge >= 0.3 is 5.97 Å². The number of nitrogens with zero attached hydrogens (tertiary/aromatic N) is 2. The minimum Gasteiger partial charge on any atom is -0.465 e. The van der Waals surface area contributed by atoms with Crippen molar-refractivity contribution in [2.24, 2.45) is 0 Å². The minimum absolute atomic E-state index is 0.0405. The van der Waals surface area contributed by atoms with Gasteiger partial charge < -0.3 is 14.2 Å². The molecule has 1 aliphatic heterocycles. The maximum absolute atomic E-state index is 12.7. The van der Waals surface area contributed by atoms with Crippen molar-refractivity contribution in [3.8, 4) is 0 Å². The van der Waals surface area contributed by atoms with Crippen LogP contribution >= 0.6 is 0 Å². The zero-order chi connectivity index (χ0) is 23.7. The Balaban J connectivity index is 1.86. The van der Waals surface area contributed by atoms with Gasteiger partial charge in [-0.3, -0.25) is 14.6 Å². The van der Waals surface area contributed by atoms with E-state index in [0.717, 1.165) is 19.6 Å². The van der Waals surface area contributed by atoms with Crippen molar-refractivity contribution in [2.75, 3.05) is 40.0 Å². The number of likely N-dealkylation sites (tertiary alicyclic amines) is 1. The predicted octanol–water partition coefficient (Wildman–Crippen LogP) is 3.75. The van der Waals surface area contributed by atoms with Gasteiger partial charge in [-0.15, -0.1) is 0 Å². The first kappa shape index (κ1) is 25.4. The fourth-order valence-electron chi connectivity index (χ4n) is 4.37. The maximum atomic E-state index is 12.7. The normalized spacial score (nSPS) is 19.2. The van der Waals surface area contributed by atoms with Crippen LogP contribution in [0.5, 0.6) is 0 Å². The molecule has 0 aliphatic carbocycles. The van der Waals surface area contributed by atoms with Crippen LogP contribution in [0.3, 0.4) is 0 Å². The Kier molecular flexibility index (Phi) is 9.44. The van der Waals surface area contributed by atoms with Gasteiger partial charge in [0.2, 0.25) is 0 Å². The van der Waals surface area contributed by atoms with Crippen LogP contribution in [0.2, 0.25) is 0 Å². The molecular weight excluding hydrogens is 416 g/mol. The summed E-state index contributed by atoms with van der Waals surface area (Å²) in [7, 11) is 1.68. The number of benzene rings is 2. The molecule has 0 aromatic heterocycles. The first-order valence-corrected chi connectivity index (χ1v) is 11.8. The minimum atomic E-state index is -0.723. The van der Waals surface area contributed by atoms with E-state index < -0.39 is 5.54 Å². The second kappa shape index (κ2) is 12.3. The Morgan fingerprint density at radius 2 is 1.55 bits per heavy atom. The molecule has 0 N–H and O–H groups in total. The molecule has 2 aromatic carbocycles. The fraction of sp³-hybridized carbons (Fsp3) is 0.519. The Morgan fingerprint density at radius 1 is 0.970 bits per heavy atom. The van der Waals surface area contributed by atoms with Crippen molar-refractivity contribution >= 4 is 5.97 Å². The number of hydrogen-bond acceptors (Lipinski definition) is 6. The Bertz CT molecular complexity index is 802. The molecule has 0 amide bonds. The molecule has 2 aromatic rings. The first-order chi connectivity index (χ1) is 16.0. The van der Waals surface area contributed by atoms with Gasteiger partial charge in [-0.05, 0) is 31.9 Å². The molecule has 6 heteroatoms. The summed E-state index contributed by atoms with van der Waals surface area (Å²) in [5.74, 6) is -0.195. The standard InChI is InChI=1S/C27H38N2O4/c1-5-32-26(30)27(2,3)29-20-24(25(21-29)33-17-16-31-4)28(18-22-12-8-6-9-13-22)19-23-14-10-7-11-15-23/h6-15,24-25H,5,16-21H2,1-4H3/t24-,25-/m1/s1. The topological polar surface area (TPSA) is 51.2 Å². The van der Waals surface area contributed by atoms with E-state index in [-0.39, 0.29) is 18.1 Å². The first-order valence-electron chi connectivity index (χ1n) is 11.8. The molecule has 1 heterocycles. The van der Waals surface area contributed by atoms with Crippen molar-refractivity contribution in [2.45, 2.75) is 51.5 Å². The van der Waals surface area contributed by atoms with Crippen molar-refractivity contribution in [3.63, 3.8) is 0 Å². The van der Waals surface area contributed by atoms with Gasteiger partial charge in [-0.25, -0.2) is 0 Å². The number of rotatable bonds is 12. The van der Waals surface area contributed by atoms with E-state index in [1.54, 1.807) is 7.11 Å². The number of ether oxygens (including phenoxy) is 3. The van der Waals surface area contributed by atoms with Crippen LogP contribution in [0.15, 0.2) is 60.7 Å². The quantitative estimate of drug-likeness (QED) is 0.360. The summed E-state index contributed by atoms with van der Waals surface area (Å²) in [4.78, 5) is 17.4. The van der Waals surface area contributed by atoms with E-state index in [4.69, 9.17) is 14.2 Å². The highest BCUT2D eigenvalue weighted by atomic mass is 16.5. The lowest BCUT2D eigenvalue weighted by atomic mass is 10.0. The third kappa shape index (κ3) is 6.87. The predicted molar refractivity (Wildman–Crippen MR) is 130 cm³/mol. The SMILES string of the molecule is CCOC(=O)C(C)(C)N1C[C@@H](N(Cc2ccccc2)Cc2ccccc2)[C@H](OCCOC)C1. The van der Waals surface area contributed by atoms with Crippen molar-refractivity contribution in [1.82, 2.24) is 9.80 Å². The Labute approximate surface area is 198 Å².